The average Bonchev–Trinajstić information content (AvgIpc) is 3.06. The summed E-state index contributed by atoms with van der Waals surface area (Å²) in [4.78, 5) is 14.7. The first kappa shape index (κ1) is 14.1. The van der Waals surface area contributed by atoms with Crippen LogP contribution in [0.4, 0.5) is 5.82 Å². The average molecular weight is 308 g/mol. The molecule has 3 aromatic rings. The maximum absolute atomic E-state index is 5.54. The number of aromatic nitrogens is 3. The minimum Gasteiger partial charge on any atom is -0.496 e. The van der Waals surface area contributed by atoms with Crippen molar-refractivity contribution in [3.8, 4) is 16.9 Å². The summed E-state index contributed by atoms with van der Waals surface area (Å²) in [5, 5.41) is 1.08. The number of methoxy groups -OCH3 is 1. The number of ether oxygens (including phenoxy) is 1. The van der Waals surface area contributed by atoms with Crippen molar-refractivity contribution in [2.24, 2.45) is 0 Å². The molecule has 0 spiro atoms. The Kier molecular flexibility index (Phi) is 3.61. The third-order valence-corrected chi connectivity index (χ3v) is 4.50. The molecule has 1 saturated heterocycles. The van der Waals surface area contributed by atoms with Gasteiger partial charge in [0, 0.05) is 30.4 Å². The van der Waals surface area contributed by atoms with Crippen LogP contribution in [0, 0.1) is 0 Å². The van der Waals surface area contributed by atoms with Gasteiger partial charge in [-0.25, -0.2) is 9.97 Å². The second kappa shape index (κ2) is 5.91. The molecular formula is C18H20N4O. The first-order valence-electron chi connectivity index (χ1n) is 8.09. The van der Waals surface area contributed by atoms with Crippen LogP contribution in [0.25, 0.3) is 22.2 Å². The van der Waals surface area contributed by atoms with Crippen LogP contribution in [0.1, 0.15) is 19.3 Å². The van der Waals surface area contributed by atoms with Gasteiger partial charge < -0.3 is 14.6 Å². The van der Waals surface area contributed by atoms with Crippen molar-refractivity contribution in [3.63, 3.8) is 0 Å². The van der Waals surface area contributed by atoms with Crippen molar-refractivity contribution < 1.29 is 4.74 Å². The SMILES string of the molecule is COc1ccccc1-c1c[nH]c2ncnc(N3CCCCC3)c12. The largest absolute Gasteiger partial charge is 0.496 e. The Morgan fingerprint density at radius 1 is 1.04 bits per heavy atom. The standard InChI is InChI=1S/C18H20N4O/c1-23-15-8-4-3-7-13(15)14-11-19-17-16(14)18(21-12-20-17)22-9-5-2-6-10-22/h3-4,7-8,11-12H,2,5-6,9-10H2,1H3,(H,19,20,21). The molecule has 5 nitrogen and oxygen atoms in total. The zero-order valence-corrected chi connectivity index (χ0v) is 13.2. The van der Waals surface area contributed by atoms with Gasteiger partial charge in [-0.3, -0.25) is 0 Å². The summed E-state index contributed by atoms with van der Waals surface area (Å²) in [6.45, 7) is 2.12. The summed E-state index contributed by atoms with van der Waals surface area (Å²) in [7, 11) is 1.70. The Bertz CT molecular complexity index is 821. The van der Waals surface area contributed by atoms with Gasteiger partial charge in [0.1, 0.15) is 23.5 Å². The van der Waals surface area contributed by atoms with E-state index >= 15 is 0 Å². The van der Waals surface area contributed by atoms with E-state index in [0.29, 0.717) is 0 Å². The van der Waals surface area contributed by atoms with Crippen molar-refractivity contribution in [1.29, 1.82) is 0 Å². The number of piperidine rings is 1. The molecule has 23 heavy (non-hydrogen) atoms. The number of anilines is 1. The molecule has 0 radical (unpaired) electrons. The van der Waals surface area contributed by atoms with E-state index in [1.807, 2.05) is 24.4 Å². The smallest absolute Gasteiger partial charge is 0.143 e. The molecule has 1 N–H and O–H groups in total. The Labute approximate surface area is 135 Å². The third-order valence-electron chi connectivity index (χ3n) is 4.50. The number of H-pyrrole nitrogens is 1. The molecule has 1 aromatic carbocycles. The Hall–Kier alpha value is -2.56. The van der Waals surface area contributed by atoms with Gasteiger partial charge in [0.05, 0.1) is 12.5 Å². The van der Waals surface area contributed by atoms with Crippen LogP contribution >= 0.6 is 0 Å². The molecule has 0 bridgehead atoms. The normalized spacial score (nSPS) is 15.1. The lowest BCUT2D eigenvalue weighted by atomic mass is 10.0. The van der Waals surface area contributed by atoms with E-state index in [4.69, 9.17) is 4.74 Å². The topological polar surface area (TPSA) is 54.0 Å². The molecule has 0 aliphatic carbocycles. The van der Waals surface area contributed by atoms with Crippen LogP contribution in [0.15, 0.2) is 36.8 Å². The zero-order chi connectivity index (χ0) is 15.6. The van der Waals surface area contributed by atoms with Gasteiger partial charge in [-0.15, -0.1) is 0 Å². The molecule has 0 unspecified atom stereocenters. The van der Waals surface area contributed by atoms with Gasteiger partial charge in [0.15, 0.2) is 0 Å². The second-order valence-corrected chi connectivity index (χ2v) is 5.87. The molecular weight excluding hydrogens is 288 g/mol. The quantitative estimate of drug-likeness (QED) is 0.803. The van der Waals surface area contributed by atoms with Crippen molar-refractivity contribution in [1.82, 2.24) is 15.0 Å². The van der Waals surface area contributed by atoms with Gasteiger partial charge in [0.2, 0.25) is 0 Å². The summed E-state index contributed by atoms with van der Waals surface area (Å²) >= 11 is 0. The number of benzene rings is 1. The monoisotopic (exact) mass is 308 g/mol. The first-order chi connectivity index (χ1) is 11.4. The van der Waals surface area contributed by atoms with Crippen LogP contribution in [0.3, 0.4) is 0 Å². The summed E-state index contributed by atoms with van der Waals surface area (Å²) in [5.74, 6) is 1.89. The Balaban J connectivity index is 1.91. The molecule has 1 fully saturated rings. The van der Waals surface area contributed by atoms with Gasteiger partial charge in [0.25, 0.3) is 0 Å². The fraction of sp³-hybridized carbons (Fsp3) is 0.333. The van der Waals surface area contributed by atoms with Crippen LogP contribution in [-0.4, -0.2) is 35.2 Å². The fourth-order valence-corrected chi connectivity index (χ4v) is 3.37. The number of nitrogens with one attached hydrogen (secondary N) is 1. The highest BCUT2D eigenvalue weighted by Crippen LogP contribution is 2.38. The van der Waals surface area contributed by atoms with Gasteiger partial charge in [-0.1, -0.05) is 18.2 Å². The number of aromatic amines is 1. The second-order valence-electron chi connectivity index (χ2n) is 5.87. The van der Waals surface area contributed by atoms with Crippen LogP contribution in [0.2, 0.25) is 0 Å². The number of para-hydroxylation sites is 1. The molecule has 2 aromatic heterocycles. The summed E-state index contributed by atoms with van der Waals surface area (Å²) in [5.41, 5.74) is 3.04. The van der Waals surface area contributed by atoms with E-state index in [1.165, 1.54) is 19.3 Å². The Morgan fingerprint density at radius 2 is 1.87 bits per heavy atom. The van der Waals surface area contributed by atoms with Crippen molar-refractivity contribution >= 4 is 16.9 Å². The Morgan fingerprint density at radius 3 is 2.70 bits per heavy atom. The lowest BCUT2D eigenvalue weighted by molar-refractivity contribution is 0.416. The minimum absolute atomic E-state index is 0.863. The predicted molar refractivity (Wildman–Crippen MR) is 91.9 cm³/mol. The van der Waals surface area contributed by atoms with E-state index in [-0.39, 0.29) is 0 Å². The lowest BCUT2D eigenvalue weighted by Gasteiger charge is -2.28. The highest BCUT2D eigenvalue weighted by Gasteiger charge is 2.20. The van der Waals surface area contributed by atoms with Crippen molar-refractivity contribution in [3.05, 3.63) is 36.8 Å². The van der Waals surface area contributed by atoms with E-state index in [2.05, 4.69) is 25.9 Å². The van der Waals surface area contributed by atoms with E-state index in [0.717, 1.165) is 46.8 Å². The number of hydrogen-bond acceptors (Lipinski definition) is 4. The van der Waals surface area contributed by atoms with Crippen LogP contribution < -0.4 is 9.64 Å². The lowest BCUT2D eigenvalue weighted by Crippen LogP contribution is -2.30. The summed E-state index contributed by atoms with van der Waals surface area (Å²) < 4.78 is 5.54. The zero-order valence-electron chi connectivity index (χ0n) is 13.2. The third kappa shape index (κ3) is 2.42. The summed E-state index contributed by atoms with van der Waals surface area (Å²) in [6, 6.07) is 8.08. The highest BCUT2D eigenvalue weighted by atomic mass is 16.5. The van der Waals surface area contributed by atoms with E-state index in [9.17, 15) is 0 Å². The molecule has 118 valence electrons. The summed E-state index contributed by atoms with van der Waals surface area (Å²) in [6.07, 6.45) is 7.40. The maximum atomic E-state index is 5.54. The molecule has 1 aliphatic heterocycles. The molecule has 4 rings (SSSR count). The van der Waals surface area contributed by atoms with E-state index < -0.39 is 0 Å². The van der Waals surface area contributed by atoms with Crippen LogP contribution in [0.5, 0.6) is 5.75 Å². The molecule has 1 aliphatic rings. The molecule has 0 atom stereocenters. The first-order valence-corrected chi connectivity index (χ1v) is 8.09. The number of rotatable bonds is 3. The van der Waals surface area contributed by atoms with Crippen molar-refractivity contribution in [2.45, 2.75) is 19.3 Å². The van der Waals surface area contributed by atoms with Gasteiger partial charge in [-0.05, 0) is 25.3 Å². The fourth-order valence-electron chi connectivity index (χ4n) is 3.37. The molecule has 0 amide bonds. The minimum atomic E-state index is 0.863. The molecule has 5 heteroatoms. The maximum Gasteiger partial charge on any atom is 0.143 e. The number of fused-ring (bicyclic) bond motifs is 1. The van der Waals surface area contributed by atoms with Gasteiger partial charge >= 0.3 is 0 Å². The molecule has 0 saturated carbocycles. The molecule has 3 heterocycles. The van der Waals surface area contributed by atoms with Gasteiger partial charge in [-0.2, -0.15) is 0 Å². The van der Waals surface area contributed by atoms with Crippen molar-refractivity contribution in [2.75, 3.05) is 25.1 Å². The van der Waals surface area contributed by atoms with Crippen LogP contribution in [-0.2, 0) is 0 Å². The van der Waals surface area contributed by atoms with E-state index in [1.54, 1.807) is 13.4 Å². The highest BCUT2D eigenvalue weighted by molar-refractivity contribution is 6.02. The number of hydrogen-bond donors (Lipinski definition) is 1. The predicted octanol–water partition coefficient (Wildman–Crippen LogP) is 3.62. The number of nitrogens with zero attached hydrogens (tertiary/aromatic N) is 3.